The molecule has 3 unspecified atom stereocenters. The fraction of sp³-hybridized carbons (Fsp3) is 0.368. The topological polar surface area (TPSA) is 207 Å². The number of benzene rings is 1. The average molecular weight is 435 g/mol. The Morgan fingerprint density at radius 1 is 0.935 bits per heavy atom. The van der Waals surface area contributed by atoms with Crippen molar-refractivity contribution in [3.05, 3.63) is 36.0 Å². The van der Waals surface area contributed by atoms with Gasteiger partial charge >= 0.3 is 5.97 Å². The van der Waals surface area contributed by atoms with Crippen molar-refractivity contribution in [3.8, 4) is 0 Å². The molecule has 0 fully saturated rings. The van der Waals surface area contributed by atoms with E-state index in [1.54, 1.807) is 12.3 Å². The quantitative estimate of drug-likeness (QED) is 0.184. The molecule has 2 rings (SSSR count). The average Bonchev–Trinajstić information content (AvgIpc) is 3.17. The second-order valence-electron chi connectivity index (χ2n) is 6.71. The van der Waals surface area contributed by atoms with Gasteiger partial charge in [-0.15, -0.1) is 0 Å². The number of H-pyrrole nitrogens is 1. The molecule has 3 amide bonds. The number of para-hydroxylation sites is 1. The van der Waals surface area contributed by atoms with Crippen LogP contribution in [-0.2, 0) is 25.6 Å². The monoisotopic (exact) mass is 435 g/mol. The Balaban J connectivity index is 2.26. The number of fused-ring (bicyclic) bond motifs is 1. The Morgan fingerprint density at radius 2 is 1.55 bits per heavy atom. The number of carboxylic acid groups (broad SMARTS) is 1. The molecule has 1 heterocycles. The Bertz CT molecular complexity index is 945. The van der Waals surface area contributed by atoms with E-state index in [4.69, 9.17) is 10.8 Å². The van der Waals surface area contributed by atoms with Crippen LogP contribution in [0, 0.1) is 0 Å². The maximum absolute atomic E-state index is 12.7. The summed E-state index contributed by atoms with van der Waals surface area (Å²) in [4.78, 5) is 50.9. The minimum absolute atomic E-state index is 0.0255. The minimum Gasteiger partial charge on any atom is -0.480 e. The Morgan fingerprint density at radius 3 is 2.16 bits per heavy atom. The van der Waals surface area contributed by atoms with Gasteiger partial charge in [0.1, 0.15) is 18.1 Å². The van der Waals surface area contributed by atoms with Gasteiger partial charge in [0.15, 0.2) is 0 Å². The molecule has 0 aliphatic carbocycles. The molecule has 12 heteroatoms. The fourth-order valence-corrected chi connectivity index (χ4v) is 2.91. The fourth-order valence-electron chi connectivity index (χ4n) is 2.91. The predicted octanol–water partition coefficient (Wildman–Crippen LogP) is -2.81. The third-order valence-corrected chi connectivity index (χ3v) is 4.55. The first-order valence-electron chi connectivity index (χ1n) is 9.40. The number of aromatic nitrogens is 1. The maximum atomic E-state index is 12.7. The van der Waals surface area contributed by atoms with E-state index in [-0.39, 0.29) is 6.42 Å². The largest absolute Gasteiger partial charge is 0.480 e. The van der Waals surface area contributed by atoms with E-state index < -0.39 is 61.6 Å². The van der Waals surface area contributed by atoms with Gasteiger partial charge in [-0.3, -0.25) is 14.4 Å². The van der Waals surface area contributed by atoms with Crippen LogP contribution in [0.15, 0.2) is 30.5 Å². The van der Waals surface area contributed by atoms with Gasteiger partial charge in [-0.25, -0.2) is 4.79 Å². The molecule has 9 N–H and O–H groups in total. The molecule has 0 radical (unpaired) electrons. The summed E-state index contributed by atoms with van der Waals surface area (Å²) < 4.78 is 0. The van der Waals surface area contributed by atoms with Crippen LogP contribution >= 0.6 is 0 Å². The first-order chi connectivity index (χ1) is 14.8. The van der Waals surface area contributed by atoms with Crippen molar-refractivity contribution in [2.75, 3.05) is 19.8 Å². The van der Waals surface area contributed by atoms with Gasteiger partial charge in [-0.2, -0.15) is 0 Å². The lowest BCUT2D eigenvalue weighted by Gasteiger charge is -2.23. The summed E-state index contributed by atoms with van der Waals surface area (Å²) in [6.45, 7) is -1.99. The van der Waals surface area contributed by atoms with E-state index >= 15 is 0 Å². The van der Waals surface area contributed by atoms with Gasteiger partial charge in [0.25, 0.3) is 0 Å². The zero-order chi connectivity index (χ0) is 23.0. The molecule has 1 aromatic heterocycles. The number of rotatable bonds is 11. The SMILES string of the molecule is NCC(=O)NC(CO)C(=O)NC(Cc1c[nH]c2ccccc12)C(=O)NC(CO)C(=O)O. The molecular weight excluding hydrogens is 410 g/mol. The predicted molar refractivity (Wildman–Crippen MR) is 109 cm³/mol. The van der Waals surface area contributed by atoms with E-state index in [0.29, 0.717) is 5.56 Å². The molecule has 168 valence electrons. The van der Waals surface area contributed by atoms with Crippen LogP contribution in [0.4, 0.5) is 0 Å². The zero-order valence-corrected chi connectivity index (χ0v) is 16.5. The highest BCUT2D eigenvalue weighted by molar-refractivity contribution is 5.94. The van der Waals surface area contributed by atoms with Crippen molar-refractivity contribution in [3.63, 3.8) is 0 Å². The molecule has 31 heavy (non-hydrogen) atoms. The maximum Gasteiger partial charge on any atom is 0.328 e. The van der Waals surface area contributed by atoms with E-state index in [0.717, 1.165) is 10.9 Å². The summed E-state index contributed by atoms with van der Waals surface area (Å²) in [6, 6.07) is 3.06. The van der Waals surface area contributed by atoms with E-state index in [1.165, 1.54) is 0 Å². The van der Waals surface area contributed by atoms with E-state index in [2.05, 4.69) is 20.9 Å². The van der Waals surface area contributed by atoms with Crippen molar-refractivity contribution in [2.45, 2.75) is 24.5 Å². The molecule has 1 aromatic carbocycles. The Kier molecular flexibility index (Phi) is 8.49. The van der Waals surface area contributed by atoms with Crippen LogP contribution in [-0.4, -0.2) is 81.9 Å². The molecule has 0 aliphatic heterocycles. The number of aliphatic hydroxyl groups excluding tert-OH is 2. The van der Waals surface area contributed by atoms with Crippen molar-refractivity contribution < 1.29 is 34.5 Å². The van der Waals surface area contributed by atoms with Crippen LogP contribution in [0.25, 0.3) is 10.9 Å². The van der Waals surface area contributed by atoms with Crippen LogP contribution in [0.5, 0.6) is 0 Å². The van der Waals surface area contributed by atoms with Gasteiger partial charge in [0.05, 0.1) is 19.8 Å². The highest BCUT2D eigenvalue weighted by atomic mass is 16.4. The molecule has 0 spiro atoms. The first-order valence-corrected chi connectivity index (χ1v) is 9.40. The Hall–Kier alpha value is -3.48. The summed E-state index contributed by atoms with van der Waals surface area (Å²) >= 11 is 0. The highest BCUT2D eigenvalue weighted by Crippen LogP contribution is 2.19. The lowest BCUT2D eigenvalue weighted by Crippen LogP contribution is -2.58. The van der Waals surface area contributed by atoms with Crippen molar-refractivity contribution >= 4 is 34.6 Å². The minimum atomic E-state index is -1.57. The Labute approximate surface area is 176 Å². The third-order valence-electron chi connectivity index (χ3n) is 4.55. The summed E-state index contributed by atoms with van der Waals surface area (Å²) in [7, 11) is 0. The molecule has 0 aliphatic rings. The van der Waals surface area contributed by atoms with Crippen molar-refractivity contribution in [1.82, 2.24) is 20.9 Å². The van der Waals surface area contributed by atoms with Gasteiger partial charge < -0.3 is 42.0 Å². The van der Waals surface area contributed by atoms with Crippen LogP contribution in [0.2, 0.25) is 0 Å². The molecular formula is C19H25N5O7. The van der Waals surface area contributed by atoms with E-state index in [9.17, 15) is 29.4 Å². The lowest BCUT2D eigenvalue weighted by molar-refractivity contribution is -0.143. The lowest BCUT2D eigenvalue weighted by atomic mass is 10.0. The van der Waals surface area contributed by atoms with Crippen LogP contribution < -0.4 is 21.7 Å². The van der Waals surface area contributed by atoms with Crippen molar-refractivity contribution in [2.24, 2.45) is 5.73 Å². The normalized spacial score (nSPS) is 13.8. The number of aliphatic carboxylic acids is 1. The number of hydrogen-bond donors (Lipinski definition) is 8. The molecule has 12 nitrogen and oxygen atoms in total. The number of aromatic amines is 1. The second kappa shape index (κ2) is 11.1. The van der Waals surface area contributed by atoms with Gasteiger partial charge in [-0.05, 0) is 11.6 Å². The molecule has 3 atom stereocenters. The second-order valence-corrected chi connectivity index (χ2v) is 6.71. The number of nitrogens with two attached hydrogens (primary N) is 1. The molecule has 0 saturated heterocycles. The van der Waals surface area contributed by atoms with Gasteiger partial charge in [0, 0.05) is 23.5 Å². The summed E-state index contributed by atoms with van der Waals surface area (Å²) in [6.07, 6.45) is 1.62. The number of aliphatic hydroxyl groups is 2. The number of nitrogens with one attached hydrogen (secondary N) is 4. The number of carbonyl (C=O) groups is 4. The molecule has 0 bridgehead atoms. The zero-order valence-electron chi connectivity index (χ0n) is 16.5. The van der Waals surface area contributed by atoms with Crippen LogP contribution in [0.3, 0.4) is 0 Å². The number of carbonyl (C=O) groups excluding carboxylic acids is 3. The number of hydrogen-bond acceptors (Lipinski definition) is 7. The molecule has 2 aromatic rings. The standard InChI is InChI=1S/C19H25N5O7/c20-6-16(27)22-14(8-25)18(29)23-13(17(28)24-15(9-26)19(30)31)5-10-7-21-12-4-2-1-3-11(10)12/h1-4,7,13-15,21,25-26H,5-6,8-9,20H2,(H,22,27)(H,23,29)(H,24,28)(H,30,31). The highest BCUT2D eigenvalue weighted by Gasteiger charge is 2.29. The van der Waals surface area contributed by atoms with Crippen molar-refractivity contribution in [1.29, 1.82) is 0 Å². The summed E-state index contributed by atoms with van der Waals surface area (Å²) in [5, 5.41) is 35.3. The first kappa shape index (κ1) is 23.8. The number of carboxylic acids is 1. The third kappa shape index (κ3) is 6.25. The smallest absolute Gasteiger partial charge is 0.328 e. The molecule has 0 saturated carbocycles. The summed E-state index contributed by atoms with van der Waals surface area (Å²) in [5.41, 5.74) is 6.66. The van der Waals surface area contributed by atoms with Gasteiger partial charge in [-0.1, -0.05) is 18.2 Å². The van der Waals surface area contributed by atoms with E-state index in [1.807, 2.05) is 18.2 Å². The van der Waals surface area contributed by atoms with Crippen LogP contribution in [0.1, 0.15) is 5.56 Å². The summed E-state index contributed by atoms with van der Waals surface area (Å²) in [5.74, 6) is -3.85. The number of amides is 3. The van der Waals surface area contributed by atoms with Gasteiger partial charge in [0.2, 0.25) is 17.7 Å².